The van der Waals surface area contributed by atoms with Crippen molar-refractivity contribution in [2.24, 2.45) is 5.92 Å². The molecule has 0 aromatic heterocycles. The van der Waals surface area contributed by atoms with Gasteiger partial charge in [-0.1, -0.05) is 30.3 Å². The molecular formula is C15H20N2O3. The van der Waals surface area contributed by atoms with Crippen molar-refractivity contribution in [1.29, 1.82) is 0 Å². The molecule has 20 heavy (non-hydrogen) atoms. The molecule has 1 unspecified atom stereocenters. The van der Waals surface area contributed by atoms with Crippen LogP contribution in [0, 0.1) is 5.92 Å². The van der Waals surface area contributed by atoms with Crippen molar-refractivity contribution < 1.29 is 14.7 Å². The lowest BCUT2D eigenvalue weighted by atomic mass is 10.0. The summed E-state index contributed by atoms with van der Waals surface area (Å²) < 4.78 is 0. The summed E-state index contributed by atoms with van der Waals surface area (Å²) in [6.45, 7) is 1.46. The average Bonchev–Trinajstić information content (AvgIpc) is 2.98. The Morgan fingerprint density at radius 3 is 2.70 bits per heavy atom. The smallest absolute Gasteiger partial charge is 0.326 e. The van der Waals surface area contributed by atoms with E-state index in [1.54, 1.807) is 0 Å². The summed E-state index contributed by atoms with van der Waals surface area (Å²) >= 11 is 0. The standard InChI is InChI=1S/C15H20N2O3/c18-14(12-8-9-16-10-12)17-13(15(19)20)7-6-11-4-2-1-3-5-11/h1-5,12-13,16H,6-10H2,(H,17,18)(H,19,20)/t12?,13-/m0/s1. The molecule has 2 rings (SSSR count). The molecule has 1 aliphatic heterocycles. The summed E-state index contributed by atoms with van der Waals surface area (Å²) in [5.41, 5.74) is 1.08. The first-order chi connectivity index (χ1) is 9.66. The van der Waals surface area contributed by atoms with E-state index in [4.69, 9.17) is 0 Å². The summed E-state index contributed by atoms with van der Waals surface area (Å²) in [5.74, 6) is -1.23. The van der Waals surface area contributed by atoms with Crippen LogP contribution in [0.4, 0.5) is 0 Å². The number of aryl methyl sites for hydroxylation is 1. The van der Waals surface area contributed by atoms with Gasteiger partial charge in [0.05, 0.1) is 5.92 Å². The molecule has 1 fully saturated rings. The highest BCUT2D eigenvalue weighted by atomic mass is 16.4. The molecule has 1 amide bonds. The molecule has 5 nitrogen and oxygen atoms in total. The SMILES string of the molecule is O=C(N[C@@H](CCc1ccccc1)C(=O)O)C1CCNC1. The number of amides is 1. The molecule has 0 saturated carbocycles. The zero-order chi connectivity index (χ0) is 14.4. The van der Waals surface area contributed by atoms with Crippen LogP contribution in [0.5, 0.6) is 0 Å². The van der Waals surface area contributed by atoms with E-state index in [-0.39, 0.29) is 11.8 Å². The van der Waals surface area contributed by atoms with Crippen molar-refractivity contribution in [3.05, 3.63) is 35.9 Å². The molecule has 1 aromatic carbocycles. The molecule has 3 N–H and O–H groups in total. The van der Waals surface area contributed by atoms with Crippen LogP contribution in [0.3, 0.4) is 0 Å². The number of aliphatic carboxylic acids is 1. The Morgan fingerprint density at radius 1 is 1.35 bits per heavy atom. The zero-order valence-corrected chi connectivity index (χ0v) is 11.3. The third-order valence-corrected chi connectivity index (χ3v) is 3.61. The van der Waals surface area contributed by atoms with Gasteiger partial charge in [-0.2, -0.15) is 0 Å². The van der Waals surface area contributed by atoms with Gasteiger partial charge in [-0.3, -0.25) is 4.79 Å². The maximum atomic E-state index is 12.0. The maximum Gasteiger partial charge on any atom is 0.326 e. The van der Waals surface area contributed by atoms with Gasteiger partial charge in [-0.25, -0.2) is 4.79 Å². The Morgan fingerprint density at radius 2 is 2.10 bits per heavy atom. The summed E-state index contributed by atoms with van der Waals surface area (Å²) in [6, 6.07) is 8.88. The third kappa shape index (κ3) is 4.06. The molecule has 0 spiro atoms. The highest BCUT2D eigenvalue weighted by molar-refractivity contribution is 5.85. The Hall–Kier alpha value is -1.88. The largest absolute Gasteiger partial charge is 0.480 e. The van der Waals surface area contributed by atoms with Gasteiger partial charge in [0.2, 0.25) is 5.91 Å². The molecular weight excluding hydrogens is 256 g/mol. The van der Waals surface area contributed by atoms with Crippen LogP contribution in [0.2, 0.25) is 0 Å². The molecule has 2 atom stereocenters. The fourth-order valence-electron chi connectivity index (χ4n) is 2.38. The number of rotatable bonds is 6. The van der Waals surface area contributed by atoms with E-state index in [0.29, 0.717) is 19.4 Å². The lowest BCUT2D eigenvalue weighted by molar-refractivity contribution is -0.142. The number of carboxylic acid groups (broad SMARTS) is 1. The molecule has 108 valence electrons. The van der Waals surface area contributed by atoms with E-state index in [1.807, 2.05) is 30.3 Å². The number of carboxylic acids is 1. The van der Waals surface area contributed by atoms with Crippen molar-refractivity contribution in [2.45, 2.75) is 25.3 Å². The van der Waals surface area contributed by atoms with Crippen LogP contribution in [0.25, 0.3) is 0 Å². The molecule has 0 aliphatic carbocycles. The van der Waals surface area contributed by atoms with Gasteiger partial charge in [0, 0.05) is 6.54 Å². The summed E-state index contributed by atoms with van der Waals surface area (Å²) in [5, 5.41) is 15.0. The van der Waals surface area contributed by atoms with Gasteiger partial charge in [0.1, 0.15) is 6.04 Å². The number of carbonyl (C=O) groups excluding carboxylic acids is 1. The van der Waals surface area contributed by atoms with E-state index in [9.17, 15) is 14.7 Å². The topological polar surface area (TPSA) is 78.4 Å². The predicted molar refractivity (Wildman–Crippen MR) is 75.3 cm³/mol. The van der Waals surface area contributed by atoms with Gasteiger partial charge in [-0.05, 0) is 31.4 Å². The third-order valence-electron chi connectivity index (χ3n) is 3.61. The van der Waals surface area contributed by atoms with Gasteiger partial charge in [0.15, 0.2) is 0 Å². The molecule has 0 radical (unpaired) electrons. The highest BCUT2D eigenvalue weighted by Crippen LogP contribution is 2.10. The molecule has 1 saturated heterocycles. The second-order valence-corrected chi connectivity index (χ2v) is 5.11. The summed E-state index contributed by atoms with van der Waals surface area (Å²) in [6.07, 6.45) is 1.82. The Kier molecular flexibility index (Phi) is 5.12. The van der Waals surface area contributed by atoms with Gasteiger partial charge in [-0.15, -0.1) is 0 Å². The summed E-state index contributed by atoms with van der Waals surface area (Å²) in [7, 11) is 0. The number of hydrogen-bond acceptors (Lipinski definition) is 3. The minimum atomic E-state index is -0.972. The van der Waals surface area contributed by atoms with Crippen molar-refractivity contribution in [1.82, 2.24) is 10.6 Å². The molecule has 0 bridgehead atoms. The van der Waals surface area contributed by atoms with Crippen LogP contribution in [-0.2, 0) is 16.0 Å². The van der Waals surface area contributed by atoms with Crippen molar-refractivity contribution >= 4 is 11.9 Å². The predicted octanol–water partition coefficient (Wildman–Crippen LogP) is 0.798. The second kappa shape index (κ2) is 7.05. The first-order valence-corrected chi connectivity index (χ1v) is 6.94. The van der Waals surface area contributed by atoms with Gasteiger partial charge < -0.3 is 15.7 Å². The number of nitrogens with one attached hydrogen (secondary N) is 2. The minimum absolute atomic E-state index is 0.103. The lowest BCUT2D eigenvalue weighted by Gasteiger charge is -2.17. The lowest BCUT2D eigenvalue weighted by Crippen LogP contribution is -2.44. The Balaban J connectivity index is 1.87. The molecule has 1 aromatic rings. The van der Waals surface area contributed by atoms with Crippen LogP contribution in [0.1, 0.15) is 18.4 Å². The molecule has 5 heteroatoms. The van der Waals surface area contributed by atoms with Gasteiger partial charge in [0.25, 0.3) is 0 Å². The average molecular weight is 276 g/mol. The Labute approximate surface area is 118 Å². The molecule has 1 aliphatic rings. The Bertz CT molecular complexity index is 455. The quantitative estimate of drug-likeness (QED) is 0.718. The summed E-state index contributed by atoms with van der Waals surface area (Å²) in [4.78, 5) is 23.2. The first kappa shape index (κ1) is 14.5. The normalized spacial score (nSPS) is 19.5. The minimum Gasteiger partial charge on any atom is -0.480 e. The van der Waals surface area contributed by atoms with Crippen molar-refractivity contribution in [3.63, 3.8) is 0 Å². The van der Waals surface area contributed by atoms with E-state index < -0.39 is 12.0 Å². The van der Waals surface area contributed by atoms with Crippen LogP contribution in [0.15, 0.2) is 30.3 Å². The second-order valence-electron chi connectivity index (χ2n) is 5.11. The highest BCUT2D eigenvalue weighted by Gasteiger charge is 2.27. The number of benzene rings is 1. The van der Waals surface area contributed by atoms with E-state index in [0.717, 1.165) is 18.5 Å². The van der Waals surface area contributed by atoms with Crippen molar-refractivity contribution in [3.8, 4) is 0 Å². The number of carbonyl (C=O) groups is 2. The van der Waals surface area contributed by atoms with Crippen molar-refractivity contribution in [2.75, 3.05) is 13.1 Å². The van der Waals surface area contributed by atoms with E-state index in [2.05, 4.69) is 10.6 Å². The van der Waals surface area contributed by atoms with Crippen LogP contribution < -0.4 is 10.6 Å². The van der Waals surface area contributed by atoms with E-state index in [1.165, 1.54) is 0 Å². The first-order valence-electron chi connectivity index (χ1n) is 6.94. The fraction of sp³-hybridized carbons (Fsp3) is 0.467. The van der Waals surface area contributed by atoms with E-state index >= 15 is 0 Å². The zero-order valence-electron chi connectivity index (χ0n) is 11.3. The molecule has 1 heterocycles. The maximum absolute atomic E-state index is 12.0. The fourth-order valence-corrected chi connectivity index (χ4v) is 2.38. The monoisotopic (exact) mass is 276 g/mol. The van der Waals surface area contributed by atoms with Crippen LogP contribution >= 0.6 is 0 Å². The van der Waals surface area contributed by atoms with Gasteiger partial charge >= 0.3 is 5.97 Å². The number of hydrogen-bond donors (Lipinski definition) is 3. The van der Waals surface area contributed by atoms with Crippen LogP contribution in [-0.4, -0.2) is 36.1 Å².